The first-order chi connectivity index (χ1) is 14.7. The van der Waals surface area contributed by atoms with Gasteiger partial charge in [0, 0.05) is 18.3 Å². The Labute approximate surface area is 177 Å². The SMILES string of the molecule is CCOC(=O)[C@H]1C(c2cccnc2)[C@H](C(=O)OCC)[C@](O)(C(F)(F)F)N[C@]1(O)C(F)(F)F. The zero-order valence-corrected chi connectivity index (χ0v) is 16.7. The second-order valence-corrected chi connectivity index (χ2v) is 6.92. The molecule has 0 aliphatic carbocycles. The van der Waals surface area contributed by atoms with Gasteiger partial charge in [-0.05, 0) is 25.5 Å². The highest BCUT2D eigenvalue weighted by molar-refractivity contribution is 5.81. The van der Waals surface area contributed by atoms with Crippen LogP contribution in [0.15, 0.2) is 24.5 Å². The topological polar surface area (TPSA) is 118 Å². The molecular weight excluding hydrogens is 454 g/mol. The largest absolute Gasteiger partial charge is 0.466 e. The average Bonchev–Trinajstić information content (AvgIpc) is 2.66. The van der Waals surface area contributed by atoms with Crippen molar-refractivity contribution in [2.75, 3.05) is 13.2 Å². The molecule has 3 N–H and O–H groups in total. The number of halogens is 6. The van der Waals surface area contributed by atoms with Crippen molar-refractivity contribution in [3.63, 3.8) is 0 Å². The van der Waals surface area contributed by atoms with Crippen molar-refractivity contribution >= 4 is 11.9 Å². The van der Waals surface area contributed by atoms with Crippen LogP contribution >= 0.6 is 0 Å². The summed E-state index contributed by atoms with van der Waals surface area (Å²) in [5.41, 5.74) is -9.77. The maximum Gasteiger partial charge on any atom is 0.432 e. The van der Waals surface area contributed by atoms with Crippen LogP contribution in [-0.2, 0) is 19.1 Å². The fraction of sp³-hybridized carbons (Fsp3) is 0.611. The molecule has 1 saturated heterocycles. The molecule has 1 aliphatic rings. The zero-order chi connectivity index (χ0) is 24.5. The number of nitrogens with one attached hydrogen (secondary N) is 1. The van der Waals surface area contributed by atoms with E-state index in [4.69, 9.17) is 0 Å². The van der Waals surface area contributed by atoms with Crippen molar-refractivity contribution < 1.29 is 55.6 Å². The smallest absolute Gasteiger partial charge is 0.432 e. The van der Waals surface area contributed by atoms with E-state index in [9.17, 15) is 46.1 Å². The van der Waals surface area contributed by atoms with Crippen molar-refractivity contribution in [3.8, 4) is 0 Å². The summed E-state index contributed by atoms with van der Waals surface area (Å²) in [4.78, 5) is 28.8. The molecule has 0 spiro atoms. The van der Waals surface area contributed by atoms with Crippen LogP contribution in [0.1, 0.15) is 25.3 Å². The summed E-state index contributed by atoms with van der Waals surface area (Å²) in [5.74, 6) is -11.6. The second kappa shape index (κ2) is 8.83. The van der Waals surface area contributed by atoms with Crippen molar-refractivity contribution in [3.05, 3.63) is 30.1 Å². The molecule has 2 rings (SSSR count). The molecule has 14 heteroatoms. The fourth-order valence-electron chi connectivity index (χ4n) is 3.71. The number of aromatic nitrogens is 1. The van der Waals surface area contributed by atoms with Crippen molar-refractivity contribution in [2.24, 2.45) is 11.8 Å². The van der Waals surface area contributed by atoms with Crippen LogP contribution in [0.25, 0.3) is 0 Å². The number of nitrogens with zero attached hydrogens (tertiary/aromatic N) is 1. The first kappa shape index (κ1) is 25.8. The van der Waals surface area contributed by atoms with Crippen LogP contribution in [0.3, 0.4) is 0 Å². The first-order valence-corrected chi connectivity index (χ1v) is 9.26. The average molecular weight is 474 g/mol. The Morgan fingerprint density at radius 3 is 1.75 bits per heavy atom. The second-order valence-electron chi connectivity index (χ2n) is 6.92. The Bertz CT molecular complexity index is 787. The quantitative estimate of drug-likeness (QED) is 0.436. The van der Waals surface area contributed by atoms with E-state index in [-0.39, 0.29) is 0 Å². The lowest BCUT2D eigenvalue weighted by atomic mass is 9.64. The third-order valence-corrected chi connectivity index (χ3v) is 5.01. The van der Waals surface area contributed by atoms with E-state index >= 15 is 0 Å². The van der Waals surface area contributed by atoms with Crippen LogP contribution in [0.2, 0.25) is 0 Å². The lowest BCUT2D eigenvalue weighted by molar-refractivity contribution is -0.376. The molecule has 0 amide bonds. The Hall–Kier alpha value is -2.45. The lowest BCUT2D eigenvalue weighted by Crippen LogP contribution is -2.81. The van der Waals surface area contributed by atoms with E-state index in [1.165, 1.54) is 13.8 Å². The molecule has 2 heterocycles. The van der Waals surface area contributed by atoms with Gasteiger partial charge in [-0.25, -0.2) is 5.32 Å². The van der Waals surface area contributed by atoms with Gasteiger partial charge in [-0.2, -0.15) is 26.3 Å². The number of esters is 2. The number of alkyl halides is 6. The molecule has 1 fully saturated rings. The summed E-state index contributed by atoms with van der Waals surface area (Å²) in [5, 5.41) is 21.6. The highest BCUT2D eigenvalue weighted by atomic mass is 19.4. The predicted molar refractivity (Wildman–Crippen MR) is 92.4 cm³/mol. The summed E-state index contributed by atoms with van der Waals surface area (Å²) in [6, 6.07) is 2.12. The van der Waals surface area contributed by atoms with Gasteiger partial charge in [0.25, 0.3) is 0 Å². The molecule has 1 unspecified atom stereocenters. The van der Waals surface area contributed by atoms with Gasteiger partial charge in [-0.1, -0.05) is 6.07 Å². The number of carbonyl (C=O) groups is 2. The minimum absolute atomic E-state index is 0.476. The molecule has 5 atom stereocenters. The van der Waals surface area contributed by atoms with Crippen molar-refractivity contribution in [2.45, 2.75) is 43.6 Å². The van der Waals surface area contributed by atoms with E-state index in [0.717, 1.165) is 24.5 Å². The van der Waals surface area contributed by atoms with Gasteiger partial charge in [0.1, 0.15) is 11.8 Å². The third-order valence-electron chi connectivity index (χ3n) is 5.01. The lowest BCUT2D eigenvalue weighted by Gasteiger charge is -2.54. The van der Waals surface area contributed by atoms with Crippen LogP contribution < -0.4 is 5.32 Å². The summed E-state index contributed by atoms with van der Waals surface area (Å²) >= 11 is 0. The third kappa shape index (κ3) is 4.26. The van der Waals surface area contributed by atoms with E-state index in [1.807, 2.05) is 0 Å². The number of hydrogen-bond donors (Lipinski definition) is 3. The Morgan fingerprint density at radius 2 is 1.44 bits per heavy atom. The van der Waals surface area contributed by atoms with Gasteiger partial charge >= 0.3 is 24.3 Å². The van der Waals surface area contributed by atoms with Crippen LogP contribution in [0, 0.1) is 11.8 Å². The summed E-state index contributed by atoms with van der Waals surface area (Å²) < 4.78 is 92.8. The predicted octanol–water partition coefficient (Wildman–Crippen LogP) is 1.63. The maximum atomic E-state index is 13.9. The molecule has 1 aromatic heterocycles. The maximum absolute atomic E-state index is 13.9. The molecule has 8 nitrogen and oxygen atoms in total. The van der Waals surface area contributed by atoms with E-state index < -0.39 is 72.3 Å². The molecule has 1 aromatic rings. The van der Waals surface area contributed by atoms with Gasteiger partial charge in [-0.15, -0.1) is 0 Å². The van der Waals surface area contributed by atoms with Gasteiger partial charge in [0.15, 0.2) is 0 Å². The molecule has 0 bridgehead atoms. The highest BCUT2D eigenvalue weighted by Crippen LogP contribution is 2.55. The molecule has 0 saturated carbocycles. The van der Waals surface area contributed by atoms with E-state index in [2.05, 4.69) is 14.5 Å². The number of pyridine rings is 1. The van der Waals surface area contributed by atoms with Gasteiger partial charge in [0.2, 0.25) is 11.4 Å². The first-order valence-electron chi connectivity index (χ1n) is 9.26. The zero-order valence-electron chi connectivity index (χ0n) is 16.7. The van der Waals surface area contributed by atoms with E-state index in [1.54, 1.807) is 0 Å². The normalized spacial score (nSPS) is 31.1. The van der Waals surface area contributed by atoms with Crippen LogP contribution in [-0.4, -0.2) is 64.2 Å². The van der Waals surface area contributed by atoms with Crippen molar-refractivity contribution in [1.29, 1.82) is 0 Å². The van der Waals surface area contributed by atoms with E-state index in [0.29, 0.717) is 5.32 Å². The summed E-state index contributed by atoms with van der Waals surface area (Å²) in [7, 11) is 0. The van der Waals surface area contributed by atoms with Gasteiger partial charge in [0.05, 0.1) is 13.2 Å². The Balaban J connectivity index is 2.93. The number of piperidine rings is 1. The minimum atomic E-state index is -5.93. The monoisotopic (exact) mass is 474 g/mol. The number of hydrogen-bond acceptors (Lipinski definition) is 8. The van der Waals surface area contributed by atoms with Crippen molar-refractivity contribution in [1.82, 2.24) is 10.3 Å². The van der Waals surface area contributed by atoms with Gasteiger partial charge < -0.3 is 19.7 Å². The summed E-state index contributed by atoms with van der Waals surface area (Å²) in [6.45, 7) is 1.46. The Morgan fingerprint density at radius 1 is 1.00 bits per heavy atom. The number of ether oxygens (including phenoxy) is 2. The Kier molecular flexibility index (Phi) is 7.12. The standard InChI is InChI=1S/C18H20F6N2O6/c1-3-31-13(27)11-10(9-6-5-7-25-8-9)12(14(28)32-4-2)16(30,18(22,23)24)26-15(11,29)17(19,20)21/h5-8,10-12,26,29-30H,3-4H2,1-2H3/t10?,11-,12-,15-,16+/m1/s1. The minimum Gasteiger partial charge on any atom is -0.466 e. The molecular formula is C18H20F6N2O6. The number of aliphatic hydroxyl groups is 2. The fourth-order valence-corrected chi connectivity index (χ4v) is 3.71. The highest BCUT2D eigenvalue weighted by Gasteiger charge is 2.78. The molecule has 0 radical (unpaired) electrons. The summed E-state index contributed by atoms with van der Waals surface area (Å²) in [6.07, 6.45) is -9.91. The molecule has 180 valence electrons. The molecule has 0 aromatic carbocycles. The number of carbonyl (C=O) groups excluding carboxylic acids is 2. The number of rotatable bonds is 5. The van der Waals surface area contributed by atoms with Crippen LogP contribution in [0.4, 0.5) is 26.3 Å². The molecule has 1 aliphatic heterocycles. The van der Waals surface area contributed by atoms with Gasteiger partial charge in [-0.3, -0.25) is 14.6 Å². The molecule has 32 heavy (non-hydrogen) atoms. The van der Waals surface area contributed by atoms with Crippen LogP contribution in [0.5, 0.6) is 0 Å².